The zero-order valence-electron chi connectivity index (χ0n) is 18.7. The molecule has 2 aromatic carbocycles. The van der Waals surface area contributed by atoms with Gasteiger partial charge in [-0.2, -0.15) is 10.2 Å². The van der Waals surface area contributed by atoms with Gasteiger partial charge >= 0.3 is 0 Å². The van der Waals surface area contributed by atoms with E-state index in [0.29, 0.717) is 23.5 Å². The van der Waals surface area contributed by atoms with E-state index in [1.807, 2.05) is 31.2 Å². The lowest BCUT2D eigenvalue weighted by Gasteiger charge is -2.14. The van der Waals surface area contributed by atoms with Gasteiger partial charge in [-0.1, -0.05) is 12.1 Å². The molecule has 0 radical (unpaired) electrons. The summed E-state index contributed by atoms with van der Waals surface area (Å²) in [6.07, 6.45) is 2.91. The molecule has 9 nitrogen and oxygen atoms in total. The van der Waals surface area contributed by atoms with Gasteiger partial charge in [0.05, 0.1) is 23.6 Å². The highest BCUT2D eigenvalue weighted by Crippen LogP contribution is 2.20. The van der Waals surface area contributed by atoms with E-state index >= 15 is 0 Å². The molecule has 0 aliphatic heterocycles. The summed E-state index contributed by atoms with van der Waals surface area (Å²) in [5.74, 6) is -0.222. The van der Waals surface area contributed by atoms with Crippen molar-refractivity contribution in [3.63, 3.8) is 0 Å². The zero-order chi connectivity index (χ0) is 24.1. The Labute approximate surface area is 195 Å². The fourth-order valence-corrected chi connectivity index (χ4v) is 3.43. The summed E-state index contributed by atoms with van der Waals surface area (Å²) >= 11 is 0. The first kappa shape index (κ1) is 22.6. The largest absolute Gasteiger partial charge is 0.383 e. The average molecular weight is 454 g/mol. The van der Waals surface area contributed by atoms with Gasteiger partial charge in [0.25, 0.3) is 5.91 Å². The van der Waals surface area contributed by atoms with Crippen molar-refractivity contribution < 1.29 is 9.53 Å². The zero-order valence-corrected chi connectivity index (χ0v) is 18.7. The molecule has 0 saturated carbocycles. The van der Waals surface area contributed by atoms with Crippen LogP contribution in [-0.4, -0.2) is 40.7 Å². The first-order valence-electron chi connectivity index (χ1n) is 10.5. The molecule has 0 saturated heterocycles. The van der Waals surface area contributed by atoms with Gasteiger partial charge in [0, 0.05) is 37.4 Å². The van der Waals surface area contributed by atoms with Crippen LogP contribution in [0.25, 0.3) is 16.7 Å². The fraction of sp³-hybridized carbons (Fsp3) is 0.160. The van der Waals surface area contributed by atoms with E-state index in [2.05, 4.69) is 26.7 Å². The van der Waals surface area contributed by atoms with Gasteiger partial charge in [-0.3, -0.25) is 9.59 Å². The number of ether oxygens (including phenoxy) is 1. The summed E-state index contributed by atoms with van der Waals surface area (Å²) in [5.41, 5.74) is 2.88. The van der Waals surface area contributed by atoms with Crippen LogP contribution < -0.4 is 16.1 Å². The van der Waals surface area contributed by atoms with Crippen LogP contribution >= 0.6 is 0 Å². The van der Waals surface area contributed by atoms with Gasteiger partial charge in [-0.25, -0.2) is 4.98 Å². The minimum atomic E-state index is -0.495. The Hall–Kier alpha value is -4.55. The molecule has 4 aromatic rings. The molecule has 4 rings (SSSR count). The van der Waals surface area contributed by atoms with Gasteiger partial charge < -0.3 is 19.9 Å². The topological polar surface area (TPSA) is 122 Å². The molecular formula is C25H22N6O3. The van der Waals surface area contributed by atoms with Gasteiger partial charge in [0.15, 0.2) is 5.65 Å². The molecule has 0 atom stereocenters. The van der Waals surface area contributed by atoms with Gasteiger partial charge in [-0.15, -0.1) is 0 Å². The molecule has 0 aliphatic rings. The molecule has 0 fully saturated rings. The number of nitrogens with zero attached hydrogens (tertiary/aromatic N) is 4. The second kappa shape index (κ2) is 9.94. The Morgan fingerprint density at radius 1 is 1.21 bits per heavy atom. The highest BCUT2D eigenvalue weighted by atomic mass is 16.5. The van der Waals surface area contributed by atoms with Crippen molar-refractivity contribution >= 4 is 28.6 Å². The van der Waals surface area contributed by atoms with Crippen molar-refractivity contribution in [2.24, 2.45) is 0 Å². The second-order valence-corrected chi connectivity index (χ2v) is 7.57. The van der Waals surface area contributed by atoms with Crippen molar-refractivity contribution in [2.45, 2.75) is 6.92 Å². The van der Waals surface area contributed by atoms with E-state index in [1.165, 1.54) is 19.5 Å². The Morgan fingerprint density at radius 2 is 2.00 bits per heavy atom. The summed E-state index contributed by atoms with van der Waals surface area (Å²) in [6.45, 7) is 2.57. The predicted octanol–water partition coefficient (Wildman–Crippen LogP) is 3.08. The van der Waals surface area contributed by atoms with Gasteiger partial charge in [0.2, 0.25) is 11.4 Å². The molecule has 0 spiro atoms. The molecule has 34 heavy (non-hydrogen) atoms. The summed E-state index contributed by atoms with van der Waals surface area (Å²) < 4.78 is 6.68. The number of fused-ring (bicyclic) bond motifs is 1. The molecule has 9 heteroatoms. The van der Waals surface area contributed by atoms with Crippen LogP contribution in [0.4, 0.5) is 11.6 Å². The van der Waals surface area contributed by atoms with Crippen LogP contribution in [-0.2, 0) is 4.74 Å². The lowest BCUT2D eigenvalue weighted by Crippen LogP contribution is -2.32. The number of benzene rings is 2. The van der Waals surface area contributed by atoms with Crippen LogP contribution in [0.15, 0.2) is 65.7 Å². The number of amides is 1. The van der Waals surface area contributed by atoms with Crippen molar-refractivity contribution in [3.05, 3.63) is 87.8 Å². The van der Waals surface area contributed by atoms with Crippen molar-refractivity contribution in [1.82, 2.24) is 19.9 Å². The molecule has 2 N–H and O–H groups in total. The van der Waals surface area contributed by atoms with E-state index < -0.39 is 11.3 Å². The minimum absolute atomic E-state index is 0.0125. The maximum absolute atomic E-state index is 13.2. The van der Waals surface area contributed by atoms with Crippen molar-refractivity contribution in [2.75, 3.05) is 25.6 Å². The van der Waals surface area contributed by atoms with E-state index in [-0.39, 0.29) is 23.4 Å². The SMILES string of the molecule is COCCNC(=O)c1cn(-c2cccc(C)c2)c2nc(Nc3ccc(C#N)cc3)ncc2c1=O. The predicted molar refractivity (Wildman–Crippen MR) is 129 cm³/mol. The Balaban J connectivity index is 1.83. The Morgan fingerprint density at radius 3 is 2.71 bits per heavy atom. The third-order valence-electron chi connectivity index (χ3n) is 5.13. The second-order valence-electron chi connectivity index (χ2n) is 7.57. The maximum Gasteiger partial charge on any atom is 0.256 e. The van der Waals surface area contributed by atoms with Crippen molar-refractivity contribution in [3.8, 4) is 11.8 Å². The molecule has 0 unspecified atom stereocenters. The molecule has 2 aromatic heterocycles. The maximum atomic E-state index is 13.2. The molecule has 0 bridgehead atoms. The van der Waals surface area contributed by atoms with Crippen molar-refractivity contribution in [1.29, 1.82) is 5.26 Å². The lowest BCUT2D eigenvalue weighted by atomic mass is 10.1. The third-order valence-corrected chi connectivity index (χ3v) is 5.13. The molecule has 170 valence electrons. The number of carbonyl (C=O) groups excluding carboxylic acids is 1. The number of rotatable bonds is 7. The number of nitrogens with one attached hydrogen (secondary N) is 2. The van der Waals surface area contributed by atoms with E-state index in [0.717, 1.165) is 11.3 Å². The number of aryl methyl sites for hydroxylation is 1. The van der Waals surface area contributed by atoms with E-state index in [1.54, 1.807) is 28.8 Å². The number of pyridine rings is 1. The summed E-state index contributed by atoms with van der Waals surface area (Å²) in [4.78, 5) is 34.8. The lowest BCUT2D eigenvalue weighted by molar-refractivity contribution is 0.0935. The van der Waals surface area contributed by atoms with E-state index in [9.17, 15) is 9.59 Å². The number of hydrogen-bond acceptors (Lipinski definition) is 7. The third kappa shape index (κ3) is 4.77. The van der Waals surface area contributed by atoms with Crippen LogP contribution in [0.5, 0.6) is 0 Å². The van der Waals surface area contributed by atoms with Gasteiger partial charge in [0.1, 0.15) is 5.56 Å². The molecule has 0 aliphatic carbocycles. The minimum Gasteiger partial charge on any atom is -0.383 e. The Bertz CT molecular complexity index is 1450. The number of nitriles is 1. The first-order chi connectivity index (χ1) is 16.5. The number of carbonyl (C=O) groups is 1. The summed E-state index contributed by atoms with van der Waals surface area (Å²) in [7, 11) is 1.54. The molecule has 2 heterocycles. The van der Waals surface area contributed by atoms with E-state index in [4.69, 9.17) is 10.00 Å². The monoisotopic (exact) mass is 454 g/mol. The molecular weight excluding hydrogens is 432 g/mol. The average Bonchev–Trinajstić information content (AvgIpc) is 2.85. The quantitative estimate of drug-likeness (QED) is 0.412. The number of methoxy groups -OCH3 is 1. The number of hydrogen-bond donors (Lipinski definition) is 2. The highest BCUT2D eigenvalue weighted by Gasteiger charge is 2.18. The molecule has 1 amide bonds. The number of aromatic nitrogens is 3. The highest BCUT2D eigenvalue weighted by molar-refractivity contribution is 5.97. The first-order valence-corrected chi connectivity index (χ1v) is 10.5. The standard InChI is InChI=1S/C25H22N6O3/c1-16-4-3-5-19(12-16)31-15-21(24(33)27-10-11-34-2)22(32)20-14-28-25(30-23(20)31)29-18-8-6-17(13-26)7-9-18/h3-9,12,14-15H,10-11H2,1-2H3,(H,27,33)(H,28,29,30). The number of anilines is 2. The Kier molecular flexibility index (Phi) is 6.62. The summed E-state index contributed by atoms with van der Waals surface area (Å²) in [5, 5.41) is 15.0. The van der Waals surface area contributed by atoms with Crippen LogP contribution in [0.2, 0.25) is 0 Å². The van der Waals surface area contributed by atoms with Crippen LogP contribution in [0.1, 0.15) is 21.5 Å². The fourth-order valence-electron chi connectivity index (χ4n) is 3.43. The normalized spacial score (nSPS) is 10.6. The van der Waals surface area contributed by atoms with Gasteiger partial charge in [-0.05, 0) is 48.9 Å². The van der Waals surface area contributed by atoms with Crippen LogP contribution in [0.3, 0.4) is 0 Å². The van der Waals surface area contributed by atoms with Crippen LogP contribution in [0, 0.1) is 18.3 Å². The smallest absolute Gasteiger partial charge is 0.256 e. The summed E-state index contributed by atoms with van der Waals surface area (Å²) in [6, 6.07) is 16.6.